The molecule has 0 radical (unpaired) electrons. The molecule has 2 fully saturated rings. The molecule has 2 saturated carbocycles. The van der Waals surface area contributed by atoms with E-state index in [2.05, 4.69) is 25.7 Å². The maximum Gasteiger partial charge on any atom is 0.0648 e. The largest absolute Gasteiger partial charge is 0.374 e. The maximum absolute atomic E-state index is 5.81. The van der Waals surface area contributed by atoms with Gasteiger partial charge in [0.25, 0.3) is 0 Å². The number of rotatable bonds is 10. The molecule has 0 heterocycles. The Morgan fingerprint density at radius 2 is 1.54 bits per heavy atom. The molecular weight excluding hydrogens is 292 g/mol. The molecule has 0 aliphatic heterocycles. The number of ether oxygens (including phenoxy) is 1. The Morgan fingerprint density at radius 1 is 0.917 bits per heavy atom. The molecule has 2 aliphatic rings. The first kappa shape index (κ1) is 19.8. The summed E-state index contributed by atoms with van der Waals surface area (Å²) in [6, 6.07) is 0. The van der Waals surface area contributed by atoms with E-state index < -0.39 is 0 Å². The Kier molecular flexibility index (Phi) is 9.80. The lowest BCUT2D eigenvalue weighted by Gasteiger charge is -2.31. The van der Waals surface area contributed by atoms with Crippen molar-refractivity contribution in [1.82, 2.24) is 0 Å². The molecule has 0 bridgehead atoms. The molecule has 24 heavy (non-hydrogen) atoms. The van der Waals surface area contributed by atoms with Gasteiger partial charge in [-0.1, -0.05) is 50.8 Å². The predicted molar refractivity (Wildman–Crippen MR) is 105 cm³/mol. The van der Waals surface area contributed by atoms with E-state index in [-0.39, 0.29) is 0 Å². The van der Waals surface area contributed by atoms with E-state index in [0.717, 1.165) is 24.4 Å². The quantitative estimate of drug-likeness (QED) is 0.307. The third-order valence-corrected chi connectivity index (χ3v) is 6.25. The van der Waals surface area contributed by atoms with Gasteiger partial charge in [0, 0.05) is 0 Å². The van der Waals surface area contributed by atoms with Gasteiger partial charge in [0.1, 0.15) is 0 Å². The van der Waals surface area contributed by atoms with Crippen LogP contribution in [0.4, 0.5) is 0 Å². The van der Waals surface area contributed by atoms with E-state index in [1.165, 1.54) is 83.5 Å². The molecule has 0 aromatic heterocycles. The first-order valence-corrected chi connectivity index (χ1v) is 10.7. The first-order valence-electron chi connectivity index (χ1n) is 10.7. The fourth-order valence-electron chi connectivity index (χ4n) is 4.54. The van der Waals surface area contributed by atoms with Crippen LogP contribution in [-0.2, 0) is 4.74 Å². The molecular formula is C23H40O. The van der Waals surface area contributed by atoms with Crippen molar-refractivity contribution in [2.24, 2.45) is 17.8 Å². The van der Waals surface area contributed by atoms with Crippen LogP contribution < -0.4 is 0 Å². The second kappa shape index (κ2) is 11.9. The van der Waals surface area contributed by atoms with Gasteiger partial charge in [-0.2, -0.15) is 0 Å². The average molecular weight is 333 g/mol. The third-order valence-electron chi connectivity index (χ3n) is 6.25. The zero-order valence-corrected chi connectivity index (χ0v) is 16.1. The van der Waals surface area contributed by atoms with Crippen LogP contribution >= 0.6 is 0 Å². The van der Waals surface area contributed by atoms with Crippen molar-refractivity contribution in [3.63, 3.8) is 0 Å². The van der Waals surface area contributed by atoms with Gasteiger partial charge in [0.05, 0.1) is 12.7 Å². The second-order valence-corrected chi connectivity index (χ2v) is 8.19. The summed E-state index contributed by atoms with van der Waals surface area (Å²) in [4.78, 5) is 0. The fourth-order valence-corrected chi connectivity index (χ4v) is 4.54. The van der Waals surface area contributed by atoms with Gasteiger partial charge in [-0.05, 0) is 75.5 Å². The second-order valence-electron chi connectivity index (χ2n) is 8.19. The molecule has 0 amide bonds. The highest BCUT2D eigenvalue weighted by Gasteiger charge is 2.24. The van der Waals surface area contributed by atoms with Gasteiger partial charge in [0.15, 0.2) is 0 Å². The Morgan fingerprint density at radius 3 is 2.12 bits per heavy atom. The molecule has 0 spiro atoms. The van der Waals surface area contributed by atoms with Gasteiger partial charge < -0.3 is 4.74 Å². The van der Waals surface area contributed by atoms with Crippen LogP contribution in [0, 0.1) is 17.8 Å². The van der Waals surface area contributed by atoms with Crippen molar-refractivity contribution >= 4 is 0 Å². The summed E-state index contributed by atoms with van der Waals surface area (Å²) in [6.45, 7) is 6.75. The van der Waals surface area contributed by atoms with Crippen LogP contribution in [0.3, 0.4) is 0 Å². The summed E-state index contributed by atoms with van der Waals surface area (Å²) in [5.74, 6) is 2.87. The smallest absolute Gasteiger partial charge is 0.0648 e. The fraction of sp³-hybridized carbons (Fsp3) is 0.826. The molecule has 0 aromatic rings. The van der Waals surface area contributed by atoms with Gasteiger partial charge in [-0.25, -0.2) is 0 Å². The van der Waals surface area contributed by atoms with Gasteiger partial charge in [-0.15, -0.1) is 6.58 Å². The van der Waals surface area contributed by atoms with E-state index in [1.54, 1.807) is 0 Å². The number of hydrogen-bond donors (Lipinski definition) is 0. The summed E-state index contributed by atoms with van der Waals surface area (Å²) in [6.07, 6.45) is 25.4. The van der Waals surface area contributed by atoms with E-state index >= 15 is 0 Å². The maximum atomic E-state index is 5.81. The molecule has 0 atom stereocenters. The normalized spacial score (nSPS) is 31.4. The molecule has 1 heteroatoms. The number of allylic oxidation sites excluding steroid dienone is 2. The van der Waals surface area contributed by atoms with Gasteiger partial charge in [0.2, 0.25) is 0 Å². The zero-order valence-electron chi connectivity index (χ0n) is 16.1. The number of unbranched alkanes of at least 4 members (excludes halogenated alkanes) is 2. The van der Waals surface area contributed by atoms with Crippen LogP contribution in [0.1, 0.15) is 90.4 Å². The standard InChI is InChI=1S/C23H40O/c1-3-5-6-7-8-20-9-11-21(12-10-20)13-14-22-15-17-23(18-16-22)24-19-4-2/h4,7-8,20-23H,2-3,5-6,9-19H2,1H3/b8-7+/t20-,21-,22-,23-. The minimum atomic E-state index is 0.509. The van der Waals surface area contributed by atoms with Crippen molar-refractivity contribution in [2.45, 2.75) is 96.5 Å². The Hall–Kier alpha value is -0.560. The Balaban J connectivity index is 1.53. The predicted octanol–water partition coefficient (Wildman–Crippen LogP) is 7.08. The molecule has 2 rings (SSSR count). The topological polar surface area (TPSA) is 9.23 Å². The molecule has 2 aliphatic carbocycles. The van der Waals surface area contributed by atoms with Crippen molar-refractivity contribution < 1.29 is 4.74 Å². The molecule has 1 nitrogen and oxygen atoms in total. The lowest BCUT2D eigenvalue weighted by Crippen LogP contribution is -2.22. The SMILES string of the molecule is C=CCO[C@H]1CC[C@H](CC[C@H]2CC[C@H](/C=C/CCCC)CC2)CC1. The summed E-state index contributed by atoms with van der Waals surface area (Å²) >= 11 is 0. The van der Waals surface area contributed by atoms with Gasteiger partial charge in [-0.3, -0.25) is 0 Å². The molecule has 138 valence electrons. The minimum Gasteiger partial charge on any atom is -0.374 e. The monoisotopic (exact) mass is 332 g/mol. The lowest BCUT2D eigenvalue weighted by atomic mass is 9.77. The third kappa shape index (κ3) is 7.55. The van der Waals surface area contributed by atoms with E-state index in [9.17, 15) is 0 Å². The Labute approximate surface area is 150 Å². The minimum absolute atomic E-state index is 0.509. The highest BCUT2D eigenvalue weighted by molar-refractivity contribution is 4.91. The average Bonchev–Trinajstić information content (AvgIpc) is 2.64. The summed E-state index contributed by atoms with van der Waals surface area (Å²) < 4.78 is 5.81. The van der Waals surface area contributed by atoms with Crippen molar-refractivity contribution in [2.75, 3.05) is 6.61 Å². The summed E-state index contributed by atoms with van der Waals surface area (Å²) in [5, 5.41) is 0. The van der Waals surface area contributed by atoms with E-state index in [0.29, 0.717) is 6.10 Å². The van der Waals surface area contributed by atoms with E-state index in [1.807, 2.05) is 6.08 Å². The van der Waals surface area contributed by atoms with Crippen molar-refractivity contribution in [3.8, 4) is 0 Å². The van der Waals surface area contributed by atoms with Crippen molar-refractivity contribution in [1.29, 1.82) is 0 Å². The first-order chi connectivity index (χ1) is 11.8. The molecule has 0 N–H and O–H groups in total. The number of hydrogen-bond acceptors (Lipinski definition) is 1. The molecule has 0 saturated heterocycles. The highest BCUT2D eigenvalue weighted by Crippen LogP contribution is 2.36. The van der Waals surface area contributed by atoms with Crippen LogP contribution in [0.25, 0.3) is 0 Å². The lowest BCUT2D eigenvalue weighted by molar-refractivity contribution is 0.0327. The van der Waals surface area contributed by atoms with Crippen LogP contribution in [0.2, 0.25) is 0 Å². The Bertz CT molecular complexity index is 343. The molecule has 0 unspecified atom stereocenters. The van der Waals surface area contributed by atoms with E-state index in [4.69, 9.17) is 4.74 Å². The highest BCUT2D eigenvalue weighted by atomic mass is 16.5. The van der Waals surface area contributed by atoms with Crippen LogP contribution in [-0.4, -0.2) is 12.7 Å². The van der Waals surface area contributed by atoms with Gasteiger partial charge >= 0.3 is 0 Å². The van der Waals surface area contributed by atoms with Crippen LogP contribution in [0.15, 0.2) is 24.8 Å². The zero-order chi connectivity index (χ0) is 17.0. The molecule has 0 aromatic carbocycles. The summed E-state index contributed by atoms with van der Waals surface area (Å²) in [5.41, 5.74) is 0. The summed E-state index contributed by atoms with van der Waals surface area (Å²) in [7, 11) is 0. The van der Waals surface area contributed by atoms with Crippen LogP contribution in [0.5, 0.6) is 0 Å². The van der Waals surface area contributed by atoms with Crippen molar-refractivity contribution in [3.05, 3.63) is 24.8 Å².